The van der Waals surface area contributed by atoms with Crippen molar-refractivity contribution in [1.29, 1.82) is 0 Å². The maximum absolute atomic E-state index is 12.0. The molecule has 1 atom stereocenters. The summed E-state index contributed by atoms with van der Waals surface area (Å²) < 4.78 is 0. The van der Waals surface area contributed by atoms with Gasteiger partial charge in [0, 0.05) is 31.0 Å². The normalized spacial score (nSPS) is 18.1. The molecule has 0 spiro atoms. The molecule has 1 aromatic rings. The molecule has 4 nitrogen and oxygen atoms in total. The van der Waals surface area contributed by atoms with Crippen molar-refractivity contribution in [1.82, 2.24) is 10.2 Å². The smallest absolute Gasteiger partial charge is 0.224 e. The van der Waals surface area contributed by atoms with Crippen LogP contribution in [0.2, 0.25) is 5.02 Å². The molecule has 1 aliphatic heterocycles. The minimum Gasteiger partial charge on any atom is -0.351 e. The Kier molecular flexibility index (Phi) is 5.62. The molecule has 21 heavy (non-hydrogen) atoms. The Morgan fingerprint density at radius 3 is 3.00 bits per heavy atom. The zero-order valence-corrected chi connectivity index (χ0v) is 13.0. The Balaban J connectivity index is 1.82. The van der Waals surface area contributed by atoms with Gasteiger partial charge in [-0.3, -0.25) is 9.59 Å². The Labute approximate surface area is 130 Å². The molecule has 1 saturated heterocycles. The van der Waals surface area contributed by atoms with E-state index in [9.17, 15) is 9.59 Å². The standard InChI is InChI=1S/C16H21ClN2O2/c1-2-4-15(20)18-14-10-16(21)19(11-14)8-7-12-5-3-6-13(17)9-12/h3,5-6,9,14H,2,4,7-8,10-11H2,1H3,(H,18,20). The van der Waals surface area contributed by atoms with Crippen LogP contribution in [-0.2, 0) is 16.0 Å². The molecule has 1 fully saturated rings. The Morgan fingerprint density at radius 1 is 1.48 bits per heavy atom. The number of carbonyl (C=O) groups excluding carboxylic acids is 2. The molecule has 0 bridgehead atoms. The van der Waals surface area contributed by atoms with E-state index in [2.05, 4.69) is 5.32 Å². The summed E-state index contributed by atoms with van der Waals surface area (Å²) in [6, 6.07) is 7.63. The lowest BCUT2D eigenvalue weighted by Gasteiger charge is -2.17. The lowest BCUT2D eigenvalue weighted by atomic mass is 10.1. The van der Waals surface area contributed by atoms with Gasteiger partial charge in [0.15, 0.2) is 0 Å². The van der Waals surface area contributed by atoms with Gasteiger partial charge < -0.3 is 10.2 Å². The van der Waals surface area contributed by atoms with Gasteiger partial charge in [0.05, 0.1) is 6.04 Å². The lowest BCUT2D eigenvalue weighted by molar-refractivity contribution is -0.127. The van der Waals surface area contributed by atoms with Crippen LogP contribution in [0.25, 0.3) is 0 Å². The predicted molar refractivity (Wildman–Crippen MR) is 83.2 cm³/mol. The second-order valence-corrected chi connectivity index (χ2v) is 5.87. The first kappa shape index (κ1) is 15.8. The summed E-state index contributed by atoms with van der Waals surface area (Å²) in [7, 11) is 0. The number of likely N-dealkylation sites (tertiary alicyclic amines) is 1. The van der Waals surface area contributed by atoms with Crippen LogP contribution in [0.3, 0.4) is 0 Å². The first-order chi connectivity index (χ1) is 10.1. The molecule has 2 rings (SSSR count). The van der Waals surface area contributed by atoms with Gasteiger partial charge in [0.1, 0.15) is 0 Å². The van der Waals surface area contributed by atoms with E-state index in [1.165, 1.54) is 0 Å². The number of benzene rings is 1. The van der Waals surface area contributed by atoms with Gasteiger partial charge in [0.2, 0.25) is 11.8 Å². The Bertz CT molecular complexity index is 519. The molecule has 1 heterocycles. The largest absolute Gasteiger partial charge is 0.351 e. The van der Waals surface area contributed by atoms with Gasteiger partial charge in [-0.2, -0.15) is 0 Å². The second kappa shape index (κ2) is 7.46. The van der Waals surface area contributed by atoms with E-state index >= 15 is 0 Å². The summed E-state index contributed by atoms with van der Waals surface area (Å²) in [6.45, 7) is 3.24. The van der Waals surface area contributed by atoms with Gasteiger partial charge in [0.25, 0.3) is 0 Å². The number of nitrogens with one attached hydrogen (secondary N) is 1. The highest BCUT2D eigenvalue weighted by molar-refractivity contribution is 6.30. The molecule has 1 aromatic carbocycles. The van der Waals surface area contributed by atoms with Crippen molar-refractivity contribution in [3.8, 4) is 0 Å². The molecule has 5 heteroatoms. The molecule has 0 radical (unpaired) electrons. The molecule has 0 saturated carbocycles. The fourth-order valence-corrected chi connectivity index (χ4v) is 2.78. The number of rotatable bonds is 6. The van der Waals surface area contributed by atoms with Crippen molar-refractivity contribution in [2.75, 3.05) is 13.1 Å². The van der Waals surface area contributed by atoms with Gasteiger partial charge >= 0.3 is 0 Å². The van der Waals surface area contributed by atoms with Crippen LogP contribution in [-0.4, -0.2) is 35.8 Å². The summed E-state index contributed by atoms with van der Waals surface area (Å²) >= 11 is 5.95. The number of halogens is 1. The minimum atomic E-state index is -0.0455. The molecule has 114 valence electrons. The van der Waals surface area contributed by atoms with Crippen LogP contribution < -0.4 is 5.32 Å². The van der Waals surface area contributed by atoms with Crippen LogP contribution >= 0.6 is 11.6 Å². The molecule has 2 amide bonds. The first-order valence-corrected chi connectivity index (χ1v) is 7.78. The van der Waals surface area contributed by atoms with Crippen molar-refractivity contribution in [3.63, 3.8) is 0 Å². The summed E-state index contributed by atoms with van der Waals surface area (Å²) in [5, 5.41) is 3.64. The van der Waals surface area contributed by atoms with E-state index < -0.39 is 0 Å². The molecular formula is C16H21ClN2O2. The predicted octanol–water partition coefficient (Wildman–Crippen LogP) is 2.40. The summed E-state index contributed by atoms with van der Waals surface area (Å²) in [5.41, 5.74) is 1.12. The molecule has 1 aliphatic rings. The highest BCUT2D eigenvalue weighted by Gasteiger charge is 2.29. The van der Waals surface area contributed by atoms with E-state index in [1.807, 2.05) is 36.1 Å². The van der Waals surface area contributed by atoms with E-state index in [4.69, 9.17) is 11.6 Å². The van der Waals surface area contributed by atoms with Gasteiger partial charge in [-0.05, 0) is 30.5 Å². The topological polar surface area (TPSA) is 49.4 Å². The second-order valence-electron chi connectivity index (χ2n) is 5.44. The highest BCUT2D eigenvalue weighted by atomic mass is 35.5. The third-order valence-corrected chi connectivity index (χ3v) is 3.85. The maximum Gasteiger partial charge on any atom is 0.224 e. The number of hydrogen-bond donors (Lipinski definition) is 1. The Hall–Kier alpha value is -1.55. The highest BCUT2D eigenvalue weighted by Crippen LogP contribution is 2.15. The van der Waals surface area contributed by atoms with Crippen LogP contribution in [0.15, 0.2) is 24.3 Å². The maximum atomic E-state index is 12.0. The van der Waals surface area contributed by atoms with E-state index in [1.54, 1.807) is 0 Å². The Morgan fingerprint density at radius 2 is 2.29 bits per heavy atom. The molecule has 1 N–H and O–H groups in total. The molecule has 0 aliphatic carbocycles. The zero-order chi connectivity index (χ0) is 15.2. The third kappa shape index (κ3) is 4.74. The van der Waals surface area contributed by atoms with Gasteiger partial charge in [-0.1, -0.05) is 30.7 Å². The SMILES string of the molecule is CCCC(=O)NC1CC(=O)N(CCc2cccc(Cl)c2)C1. The first-order valence-electron chi connectivity index (χ1n) is 7.40. The van der Waals surface area contributed by atoms with Crippen LogP contribution in [0.5, 0.6) is 0 Å². The molecular weight excluding hydrogens is 288 g/mol. The van der Waals surface area contributed by atoms with E-state index in [0.29, 0.717) is 31.0 Å². The van der Waals surface area contributed by atoms with Crippen molar-refractivity contribution >= 4 is 23.4 Å². The monoisotopic (exact) mass is 308 g/mol. The van der Waals surface area contributed by atoms with Crippen molar-refractivity contribution in [2.24, 2.45) is 0 Å². The van der Waals surface area contributed by atoms with Crippen molar-refractivity contribution < 1.29 is 9.59 Å². The lowest BCUT2D eigenvalue weighted by Crippen LogP contribution is -2.37. The van der Waals surface area contributed by atoms with Crippen LogP contribution in [0.1, 0.15) is 31.7 Å². The molecule has 1 unspecified atom stereocenters. The third-order valence-electron chi connectivity index (χ3n) is 3.62. The van der Waals surface area contributed by atoms with Crippen molar-refractivity contribution in [3.05, 3.63) is 34.9 Å². The zero-order valence-electron chi connectivity index (χ0n) is 12.3. The fourth-order valence-electron chi connectivity index (χ4n) is 2.57. The number of carbonyl (C=O) groups is 2. The van der Waals surface area contributed by atoms with Gasteiger partial charge in [-0.25, -0.2) is 0 Å². The summed E-state index contributed by atoms with van der Waals surface area (Å²) in [4.78, 5) is 25.4. The number of amides is 2. The average molecular weight is 309 g/mol. The minimum absolute atomic E-state index is 0.0343. The van der Waals surface area contributed by atoms with Crippen LogP contribution in [0, 0.1) is 0 Å². The fraction of sp³-hybridized carbons (Fsp3) is 0.500. The summed E-state index contributed by atoms with van der Waals surface area (Å²) in [6.07, 6.45) is 2.53. The van der Waals surface area contributed by atoms with Crippen LogP contribution in [0.4, 0.5) is 0 Å². The van der Waals surface area contributed by atoms with E-state index in [-0.39, 0.29) is 17.9 Å². The number of hydrogen-bond acceptors (Lipinski definition) is 2. The average Bonchev–Trinajstić information content (AvgIpc) is 2.77. The van der Waals surface area contributed by atoms with Crippen molar-refractivity contribution in [2.45, 2.75) is 38.6 Å². The number of nitrogens with zero attached hydrogens (tertiary/aromatic N) is 1. The summed E-state index contributed by atoms with van der Waals surface area (Å²) in [5.74, 6) is 0.144. The quantitative estimate of drug-likeness (QED) is 0.877. The van der Waals surface area contributed by atoms with Gasteiger partial charge in [-0.15, -0.1) is 0 Å². The van der Waals surface area contributed by atoms with E-state index in [0.717, 1.165) is 18.4 Å². The molecule has 0 aromatic heterocycles.